The maximum absolute atomic E-state index is 5.84. The smallest absolute Gasteiger partial charge is 0.0466 e. The monoisotopic (exact) mass is 303 g/mol. The Hall–Kier alpha value is -2.94. The Morgan fingerprint density at radius 1 is 0.565 bits per heavy atom. The number of rotatable bonds is 3. The van der Waals surface area contributed by atoms with E-state index in [0.29, 0.717) is 0 Å². The first-order chi connectivity index (χ1) is 11.0. The molecular weight excluding hydrogens is 282 g/mol. The Balaban J connectivity index is 2.16. The Morgan fingerprint density at radius 2 is 0.957 bits per heavy atom. The molecule has 0 spiro atoms. The summed E-state index contributed by atoms with van der Waals surface area (Å²) in [5.74, 6) is 0. The number of anilines is 5. The van der Waals surface area contributed by atoms with Crippen LogP contribution in [0.25, 0.3) is 0 Å². The van der Waals surface area contributed by atoms with Crippen molar-refractivity contribution in [2.45, 2.75) is 13.8 Å². The van der Waals surface area contributed by atoms with E-state index in [2.05, 4.69) is 36.9 Å². The molecule has 4 N–H and O–H groups in total. The summed E-state index contributed by atoms with van der Waals surface area (Å²) in [5.41, 5.74) is 18.9. The number of aryl methyl sites for hydroxylation is 2. The van der Waals surface area contributed by atoms with Gasteiger partial charge in [0.2, 0.25) is 0 Å². The van der Waals surface area contributed by atoms with Crippen LogP contribution in [0.5, 0.6) is 0 Å². The van der Waals surface area contributed by atoms with Gasteiger partial charge in [-0.15, -0.1) is 0 Å². The summed E-state index contributed by atoms with van der Waals surface area (Å²) in [4.78, 5) is 2.21. The van der Waals surface area contributed by atoms with Crippen LogP contribution in [0.2, 0.25) is 0 Å². The molecular formula is C20H21N3. The van der Waals surface area contributed by atoms with E-state index >= 15 is 0 Å². The van der Waals surface area contributed by atoms with Crippen LogP contribution >= 0.6 is 0 Å². The van der Waals surface area contributed by atoms with Gasteiger partial charge in [-0.1, -0.05) is 6.07 Å². The van der Waals surface area contributed by atoms with Gasteiger partial charge in [-0.2, -0.15) is 0 Å². The topological polar surface area (TPSA) is 55.3 Å². The van der Waals surface area contributed by atoms with Crippen molar-refractivity contribution in [3.05, 3.63) is 77.9 Å². The van der Waals surface area contributed by atoms with E-state index in [0.717, 1.165) is 28.4 Å². The molecule has 3 aromatic carbocycles. The fraction of sp³-hybridized carbons (Fsp3) is 0.100. The quantitative estimate of drug-likeness (QED) is 0.674. The van der Waals surface area contributed by atoms with Gasteiger partial charge in [0.15, 0.2) is 0 Å². The standard InChI is InChI=1S/C20H21N3/c1-14-11-15(2)13-20(12-14)23(18-7-3-16(21)4-8-18)19-9-5-17(22)6-10-19/h3-13H,21-22H2,1-2H3. The molecule has 116 valence electrons. The summed E-state index contributed by atoms with van der Waals surface area (Å²) >= 11 is 0. The van der Waals surface area contributed by atoms with Gasteiger partial charge in [0.05, 0.1) is 0 Å². The molecule has 0 amide bonds. The van der Waals surface area contributed by atoms with E-state index in [1.54, 1.807) is 0 Å². The van der Waals surface area contributed by atoms with Crippen LogP contribution < -0.4 is 16.4 Å². The molecule has 0 fully saturated rings. The highest BCUT2D eigenvalue weighted by Gasteiger charge is 2.13. The molecule has 0 aliphatic rings. The van der Waals surface area contributed by atoms with Crippen molar-refractivity contribution in [3.8, 4) is 0 Å². The van der Waals surface area contributed by atoms with Gasteiger partial charge >= 0.3 is 0 Å². The number of benzene rings is 3. The van der Waals surface area contributed by atoms with E-state index in [9.17, 15) is 0 Å². The fourth-order valence-corrected chi connectivity index (χ4v) is 2.77. The molecule has 3 aromatic rings. The lowest BCUT2D eigenvalue weighted by atomic mass is 10.1. The zero-order chi connectivity index (χ0) is 16.4. The SMILES string of the molecule is Cc1cc(C)cc(N(c2ccc(N)cc2)c2ccc(N)cc2)c1. The van der Waals surface area contributed by atoms with Crippen molar-refractivity contribution in [1.29, 1.82) is 0 Å². The Labute approximate surface area is 137 Å². The molecule has 3 rings (SSSR count). The van der Waals surface area contributed by atoms with Crippen LogP contribution in [0, 0.1) is 13.8 Å². The zero-order valence-corrected chi connectivity index (χ0v) is 13.5. The minimum Gasteiger partial charge on any atom is -0.399 e. The number of nitrogens with two attached hydrogens (primary N) is 2. The fourth-order valence-electron chi connectivity index (χ4n) is 2.77. The first-order valence-electron chi connectivity index (χ1n) is 7.62. The van der Waals surface area contributed by atoms with Crippen LogP contribution in [0.3, 0.4) is 0 Å². The lowest BCUT2D eigenvalue weighted by Gasteiger charge is -2.26. The summed E-state index contributed by atoms with van der Waals surface area (Å²) in [6.45, 7) is 4.22. The minimum atomic E-state index is 0.756. The molecule has 23 heavy (non-hydrogen) atoms. The molecule has 0 heterocycles. The molecule has 0 aliphatic carbocycles. The van der Waals surface area contributed by atoms with Crippen molar-refractivity contribution in [2.24, 2.45) is 0 Å². The molecule has 0 saturated heterocycles. The number of hydrogen-bond donors (Lipinski definition) is 2. The van der Waals surface area contributed by atoms with Gasteiger partial charge in [0.25, 0.3) is 0 Å². The molecule has 0 bridgehead atoms. The maximum Gasteiger partial charge on any atom is 0.0466 e. The first kappa shape index (κ1) is 15.0. The second-order valence-corrected chi connectivity index (χ2v) is 5.86. The van der Waals surface area contributed by atoms with Gasteiger partial charge in [0, 0.05) is 28.4 Å². The lowest BCUT2D eigenvalue weighted by molar-refractivity contribution is 1.25. The molecule has 0 saturated carbocycles. The molecule has 0 aromatic heterocycles. The van der Waals surface area contributed by atoms with E-state index in [4.69, 9.17) is 11.5 Å². The van der Waals surface area contributed by atoms with Crippen molar-refractivity contribution in [2.75, 3.05) is 16.4 Å². The van der Waals surface area contributed by atoms with Crippen molar-refractivity contribution in [1.82, 2.24) is 0 Å². The third-order valence-corrected chi connectivity index (χ3v) is 3.77. The maximum atomic E-state index is 5.84. The highest BCUT2D eigenvalue weighted by Crippen LogP contribution is 2.36. The minimum absolute atomic E-state index is 0.756. The van der Waals surface area contributed by atoms with Gasteiger partial charge in [-0.05, 0) is 85.6 Å². The predicted molar refractivity (Wildman–Crippen MR) is 99.4 cm³/mol. The Kier molecular flexibility index (Phi) is 3.94. The second kappa shape index (κ2) is 6.05. The average Bonchev–Trinajstić information content (AvgIpc) is 2.50. The average molecular weight is 303 g/mol. The van der Waals surface area contributed by atoms with E-state index in [1.165, 1.54) is 11.1 Å². The second-order valence-electron chi connectivity index (χ2n) is 5.86. The molecule has 0 unspecified atom stereocenters. The Morgan fingerprint density at radius 3 is 1.35 bits per heavy atom. The summed E-state index contributed by atoms with van der Waals surface area (Å²) < 4.78 is 0. The molecule has 0 atom stereocenters. The van der Waals surface area contributed by atoms with E-state index in [-0.39, 0.29) is 0 Å². The predicted octanol–water partition coefficient (Wildman–Crippen LogP) is 4.94. The van der Waals surface area contributed by atoms with Crippen LogP contribution in [0.1, 0.15) is 11.1 Å². The van der Waals surface area contributed by atoms with Crippen LogP contribution in [-0.2, 0) is 0 Å². The van der Waals surface area contributed by atoms with Crippen molar-refractivity contribution >= 4 is 28.4 Å². The van der Waals surface area contributed by atoms with E-state index < -0.39 is 0 Å². The largest absolute Gasteiger partial charge is 0.399 e. The van der Waals surface area contributed by atoms with E-state index in [1.807, 2.05) is 48.5 Å². The highest BCUT2D eigenvalue weighted by molar-refractivity contribution is 5.78. The molecule has 3 heteroatoms. The van der Waals surface area contributed by atoms with Gasteiger partial charge in [-0.25, -0.2) is 0 Å². The van der Waals surface area contributed by atoms with Crippen LogP contribution in [0.4, 0.5) is 28.4 Å². The molecule has 0 radical (unpaired) electrons. The van der Waals surface area contributed by atoms with Gasteiger partial charge in [-0.3, -0.25) is 0 Å². The van der Waals surface area contributed by atoms with Crippen molar-refractivity contribution < 1.29 is 0 Å². The summed E-state index contributed by atoms with van der Waals surface area (Å²) in [6, 6.07) is 22.3. The van der Waals surface area contributed by atoms with Gasteiger partial charge in [0.1, 0.15) is 0 Å². The Bertz CT molecular complexity index is 740. The third-order valence-electron chi connectivity index (χ3n) is 3.77. The van der Waals surface area contributed by atoms with Crippen molar-refractivity contribution in [3.63, 3.8) is 0 Å². The summed E-state index contributed by atoms with van der Waals surface area (Å²) in [7, 11) is 0. The summed E-state index contributed by atoms with van der Waals surface area (Å²) in [6.07, 6.45) is 0. The highest BCUT2D eigenvalue weighted by atomic mass is 15.1. The number of nitrogens with zero attached hydrogens (tertiary/aromatic N) is 1. The van der Waals surface area contributed by atoms with Gasteiger partial charge < -0.3 is 16.4 Å². The van der Waals surface area contributed by atoms with Crippen LogP contribution in [0.15, 0.2) is 66.7 Å². The third kappa shape index (κ3) is 3.29. The number of hydrogen-bond acceptors (Lipinski definition) is 3. The van der Waals surface area contributed by atoms with Crippen LogP contribution in [-0.4, -0.2) is 0 Å². The first-order valence-corrected chi connectivity index (χ1v) is 7.62. The normalized spacial score (nSPS) is 10.5. The zero-order valence-electron chi connectivity index (χ0n) is 13.5. The summed E-state index contributed by atoms with van der Waals surface area (Å²) in [5, 5.41) is 0. The number of nitrogen functional groups attached to an aromatic ring is 2. The molecule has 0 aliphatic heterocycles. The lowest BCUT2D eigenvalue weighted by Crippen LogP contribution is -2.10. The molecule has 3 nitrogen and oxygen atoms in total.